The maximum absolute atomic E-state index is 11.4. The van der Waals surface area contributed by atoms with E-state index in [2.05, 4.69) is 18.7 Å². The Morgan fingerprint density at radius 3 is 2.00 bits per heavy atom. The Morgan fingerprint density at radius 1 is 0.857 bits per heavy atom. The van der Waals surface area contributed by atoms with Gasteiger partial charge in [-0.2, -0.15) is 0 Å². The maximum atomic E-state index is 11.4. The van der Waals surface area contributed by atoms with Gasteiger partial charge in [-0.05, 0) is 75.8 Å². The molecule has 2 saturated carbocycles. The summed E-state index contributed by atoms with van der Waals surface area (Å²) in [7, 11) is 0. The van der Waals surface area contributed by atoms with Gasteiger partial charge in [0.1, 0.15) is 0 Å². The topological polar surface area (TPSA) is 23.5 Å². The molecule has 2 heteroatoms. The number of hydrogen-bond acceptors (Lipinski definition) is 2. The van der Waals surface area contributed by atoms with Gasteiger partial charge in [-0.1, -0.05) is 33.1 Å². The highest BCUT2D eigenvalue weighted by Gasteiger charge is 2.49. The van der Waals surface area contributed by atoms with E-state index in [0.717, 1.165) is 11.8 Å². The van der Waals surface area contributed by atoms with E-state index in [1.54, 1.807) is 0 Å². The van der Waals surface area contributed by atoms with E-state index in [0.29, 0.717) is 5.92 Å². The van der Waals surface area contributed by atoms with Crippen molar-refractivity contribution in [1.82, 2.24) is 4.90 Å². The molecule has 0 bridgehead atoms. The van der Waals surface area contributed by atoms with Gasteiger partial charge in [0.05, 0.1) is 6.10 Å². The van der Waals surface area contributed by atoms with Gasteiger partial charge in [0, 0.05) is 5.54 Å². The van der Waals surface area contributed by atoms with Crippen LogP contribution < -0.4 is 0 Å². The van der Waals surface area contributed by atoms with E-state index in [4.69, 9.17) is 0 Å². The van der Waals surface area contributed by atoms with Crippen molar-refractivity contribution in [3.63, 3.8) is 0 Å². The first kappa shape index (κ1) is 15.8. The Balaban J connectivity index is 1.76. The Hall–Kier alpha value is -0.0800. The third kappa shape index (κ3) is 3.17. The zero-order valence-corrected chi connectivity index (χ0v) is 14.2. The monoisotopic (exact) mass is 293 g/mol. The van der Waals surface area contributed by atoms with Crippen molar-refractivity contribution in [3.8, 4) is 0 Å². The minimum Gasteiger partial charge on any atom is -0.391 e. The molecule has 1 aliphatic heterocycles. The SMILES string of the molecule is CC1CC(C)CC(C(O)C2(N3CCCCC3)CCCC2)C1. The zero-order valence-electron chi connectivity index (χ0n) is 14.2. The molecule has 1 saturated heterocycles. The van der Waals surface area contributed by atoms with Crippen molar-refractivity contribution in [2.75, 3.05) is 13.1 Å². The summed E-state index contributed by atoms with van der Waals surface area (Å²) in [6.45, 7) is 7.24. The maximum Gasteiger partial charge on any atom is 0.0752 e. The molecule has 0 radical (unpaired) electrons. The molecule has 1 N–H and O–H groups in total. The van der Waals surface area contributed by atoms with Crippen molar-refractivity contribution in [2.24, 2.45) is 17.8 Å². The molecule has 0 aromatic heterocycles. The van der Waals surface area contributed by atoms with Crippen LogP contribution in [0.1, 0.15) is 78.1 Å². The fourth-order valence-corrected chi connectivity index (χ4v) is 5.83. The molecule has 3 fully saturated rings. The summed E-state index contributed by atoms with van der Waals surface area (Å²) in [5, 5.41) is 11.4. The van der Waals surface area contributed by atoms with Gasteiger partial charge in [0.25, 0.3) is 0 Å². The van der Waals surface area contributed by atoms with Gasteiger partial charge in [-0.25, -0.2) is 0 Å². The summed E-state index contributed by atoms with van der Waals surface area (Å²) in [6, 6.07) is 0. The second kappa shape index (κ2) is 6.58. The molecule has 0 aromatic rings. The molecular formula is C19H35NO. The number of aliphatic hydroxyl groups excluding tert-OH is 1. The second-order valence-corrected chi connectivity index (χ2v) is 8.48. The first-order valence-electron chi connectivity index (χ1n) is 9.55. The van der Waals surface area contributed by atoms with Crippen molar-refractivity contribution >= 4 is 0 Å². The first-order chi connectivity index (χ1) is 10.1. The number of aliphatic hydroxyl groups is 1. The minimum atomic E-state index is -0.0803. The highest BCUT2D eigenvalue weighted by Crippen LogP contribution is 2.46. The highest BCUT2D eigenvalue weighted by molar-refractivity contribution is 5.04. The van der Waals surface area contributed by atoms with Crippen molar-refractivity contribution < 1.29 is 5.11 Å². The third-order valence-electron chi connectivity index (χ3n) is 6.67. The van der Waals surface area contributed by atoms with E-state index in [-0.39, 0.29) is 11.6 Å². The summed E-state index contributed by atoms with van der Waals surface area (Å²) in [5.41, 5.74) is 0.141. The number of piperidine rings is 1. The lowest BCUT2D eigenvalue weighted by Crippen LogP contribution is -2.59. The third-order valence-corrected chi connectivity index (χ3v) is 6.67. The predicted molar refractivity (Wildman–Crippen MR) is 88.3 cm³/mol. The van der Waals surface area contributed by atoms with E-state index in [1.165, 1.54) is 77.3 Å². The molecule has 3 unspecified atom stereocenters. The van der Waals surface area contributed by atoms with Crippen molar-refractivity contribution in [1.29, 1.82) is 0 Å². The molecule has 0 aromatic carbocycles. The molecule has 21 heavy (non-hydrogen) atoms. The average Bonchev–Trinajstić information content (AvgIpc) is 2.97. The van der Waals surface area contributed by atoms with E-state index < -0.39 is 0 Å². The summed E-state index contributed by atoms with van der Waals surface area (Å²) in [4.78, 5) is 2.71. The van der Waals surface area contributed by atoms with E-state index >= 15 is 0 Å². The number of likely N-dealkylation sites (tertiary alicyclic amines) is 1. The standard InChI is InChI=1S/C19H35NO/c1-15-12-16(2)14-17(13-15)18(21)19(8-4-5-9-19)20-10-6-3-7-11-20/h15-18,21H,3-14H2,1-2H3. The van der Waals surface area contributed by atoms with Crippen LogP contribution in [0.25, 0.3) is 0 Å². The number of rotatable bonds is 3. The summed E-state index contributed by atoms with van der Waals surface area (Å²) in [6.07, 6.45) is 13.0. The lowest BCUT2D eigenvalue weighted by molar-refractivity contribution is -0.0809. The smallest absolute Gasteiger partial charge is 0.0752 e. The minimum absolute atomic E-state index is 0.0803. The van der Waals surface area contributed by atoms with Crippen LogP contribution in [0.3, 0.4) is 0 Å². The highest BCUT2D eigenvalue weighted by atomic mass is 16.3. The molecule has 3 aliphatic rings. The normalized spacial score (nSPS) is 39.3. The molecule has 0 amide bonds. The summed E-state index contributed by atoms with van der Waals surface area (Å²) >= 11 is 0. The molecule has 2 aliphatic carbocycles. The van der Waals surface area contributed by atoms with Crippen LogP contribution in [-0.2, 0) is 0 Å². The van der Waals surface area contributed by atoms with Gasteiger partial charge >= 0.3 is 0 Å². The fraction of sp³-hybridized carbons (Fsp3) is 1.00. The molecule has 1 heterocycles. The van der Waals surface area contributed by atoms with Crippen LogP contribution in [0.5, 0.6) is 0 Å². The van der Waals surface area contributed by atoms with Gasteiger partial charge in [-0.15, -0.1) is 0 Å². The lowest BCUT2D eigenvalue weighted by Gasteiger charge is -2.50. The van der Waals surface area contributed by atoms with Gasteiger partial charge in [-0.3, -0.25) is 4.90 Å². The largest absolute Gasteiger partial charge is 0.391 e. The van der Waals surface area contributed by atoms with Crippen LogP contribution in [0, 0.1) is 17.8 Å². The van der Waals surface area contributed by atoms with Crippen LogP contribution >= 0.6 is 0 Å². The number of hydrogen-bond donors (Lipinski definition) is 1. The van der Waals surface area contributed by atoms with E-state index in [9.17, 15) is 5.11 Å². The number of nitrogens with zero attached hydrogens (tertiary/aromatic N) is 1. The Kier molecular flexibility index (Phi) is 4.95. The molecule has 3 rings (SSSR count). The molecular weight excluding hydrogens is 258 g/mol. The van der Waals surface area contributed by atoms with Crippen molar-refractivity contribution in [3.05, 3.63) is 0 Å². The lowest BCUT2D eigenvalue weighted by atomic mass is 9.69. The average molecular weight is 293 g/mol. The first-order valence-corrected chi connectivity index (χ1v) is 9.55. The van der Waals surface area contributed by atoms with E-state index in [1.807, 2.05) is 0 Å². The molecule has 122 valence electrons. The van der Waals surface area contributed by atoms with Gasteiger partial charge in [0.2, 0.25) is 0 Å². The predicted octanol–water partition coefficient (Wildman–Crippen LogP) is 4.22. The Bertz CT molecular complexity index is 320. The van der Waals surface area contributed by atoms with Crippen molar-refractivity contribution in [2.45, 2.75) is 89.7 Å². The zero-order chi connectivity index (χ0) is 14.9. The second-order valence-electron chi connectivity index (χ2n) is 8.48. The fourth-order valence-electron chi connectivity index (χ4n) is 5.83. The van der Waals surface area contributed by atoms with Crippen LogP contribution in [0.15, 0.2) is 0 Å². The van der Waals surface area contributed by atoms with Gasteiger partial charge in [0.15, 0.2) is 0 Å². The van der Waals surface area contributed by atoms with Crippen LogP contribution in [0.4, 0.5) is 0 Å². The Labute approximate surface area is 131 Å². The van der Waals surface area contributed by atoms with Gasteiger partial charge < -0.3 is 5.11 Å². The molecule has 0 spiro atoms. The van der Waals surface area contributed by atoms with Crippen LogP contribution in [-0.4, -0.2) is 34.7 Å². The summed E-state index contributed by atoms with van der Waals surface area (Å²) in [5.74, 6) is 2.14. The molecule has 3 atom stereocenters. The summed E-state index contributed by atoms with van der Waals surface area (Å²) < 4.78 is 0. The quantitative estimate of drug-likeness (QED) is 0.842. The Morgan fingerprint density at radius 2 is 1.43 bits per heavy atom. The van der Waals surface area contributed by atoms with Crippen LogP contribution in [0.2, 0.25) is 0 Å². The molecule has 2 nitrogen and oxygen atoms in total.